The largest absolute Gasteiger partial charge is 0.487 e. The molecule has 1 amide bonds. The number of halogens is 2. The van der Waals surface area contributed by atoms with E-state index in [-0.39, 0.29) is 24.2 Å². The number of hydrogen-bond acceptors (Lipinski definition) is 6. The van der Waals surface area contributed by atoms with Crippen molar-refractivity contribution in [2.75, 3.05) is 0 Å². The lowest BCUT2D eigenvalue weighted by atomic mass is 9.94. The smallest absolute Gasteiger partial charge is 0.269 e. The Kier molecular flexibility index (Phi) is 9.45. The van der Waals surface area contributed by atoms with E-state index < -0.39 is 4.92 Å². The molecule has 0 radical (unpaired) electrons. The maximum absolute atomic E-state index is 13.7. The number of hydrogen-bond donors (Lipinski definition) is 0. The summed E-state index contributed by atoms with van der Waals surface area (Å²) in [7, 11) is 0. The van der Waals surface area contributed by atoms with Gasteiger partial charge in [-0.05, 0) is 111 Å². The number of nitrogens with zero attached hydrogens (tertiary/aromatic N) is 3. The van der Waals surface area contributed by atoms with Crippen LogP contribution in [0.25, 0.3) is 6.08 Å². The fourth-order valence-electron chi connectivity index (χ4n) is 5.43. The van der Waals surface area contributed by atoms with E-state index in [4.69, 9.17) is 9.73 Å². The Bertz CT molecular complexity index is 1260. The van der Waals surface area contributed by atoms with Crippen LogP contribution in [0.3, 0.4) is 0 Å². The van der Waals surface area contributed by atoms with Crippen molar-refractivity contribution in [1.29, 1.82) is 0 Å². The maximum Gasteiger partial charge on any atom is 0.269 e. The van der Waals surface area contributed by atoms with Crippen molar-refractivity contribution < 1.29 is 14.5 Å². The van der Waals surface area contributed by atoms with Gasteiger partial charge in [0.1, 0.15) is 12.4 Å². The van der Waals surface area contributed by atoms with E-state index in [0.717, 1.165) is 63.8 Å². The number of nitro groups is 1. The minimum absolute atomic E-state index is 0.0480. The van der Waals surface area contributed by atoms with Crippen LogP contribution < -0.4 is 4.74 Å². The molecule has 0 spiro atoms. The van der Waals surface area contributed by atoms with Crippen LogP contribution in [0, 0.1) is 10.1 Å². The molecule has 1 aliphatic heterocycles. The Morgan fingerprint density at radius 1 is 1.00 bits per heavy atom. The van der Waals surface area contributed by atoms with Crippen LogP contribution in [0.4, 0.5) is 5.69 Å². The summed E-state index contributed by atoms with van der Waals surface area (Å²) in [5, 5.41) is 11.8. The van der Waals surface area contributed by atoms with E-state index in [1.807, 2.05) is 23.1 Å². The van der Waals surface area contributed by atoms with Gasteiger partial charge in [0.15, 0.2) is 5.17 Å². The number of nitro benzene ring substituents is 1. The predicted octanol–water partition coefficient (Wildman–Crippen LogP) is 8.64. The Balaban J connectivity index is 1.34. The van der Waals surface area contributed by atoms with Crippen molar-refractivity contribution in [1.82, 2.24) is 4.90 Å². The standard InChI is InChI=1S/C29H31Br2N3O4S/c30-24-15-20(16-25(31)27(24)38-18-19-11-13-23(14-12-19)34(36)37)17-26-28(35)33(22-9-5-2-6-10-22)29(39-26)32-21-7-3-1-4-8-21/h11-17,21-22H,1-10,18H2. The van der Waals surface area contributed by atoms with E-state index >= 15 is 0 Å². The number of benzene rings is 2. The molecule has 0 atom stereocenters. The summed E-state index contributed by atoms with van der Waals surface area (Å²) in [6, 6.07) is 10.7. The van der Waals surface area contributed by atoms with Crippen molar-refractivity contribution >= 4 is 66.5 Å². The molecule has 2 aliphatic carbocycles. The molecule has 0 bridgehead atoms. The number of rotatable bonds is 7. The van der Waals surface area contributed by atoms with Crippen molar-refractivity contribution in [3.05, 3.63) is 71.5 Å². The SMILES string of the molecule is O=C1C(=Cc2cc(Br)c(OCc3ccc([N+](=O)[O-])cc3)c(Br)c2)SC(=NC2CCCCC2)N1C1CCCCC1. The minimum Gasteiger partial charge on any atom is -0.487 e. The average Bonchev–Trinajstić information content (AvgIpc) is 3.23. The molecule has 0 N–H and O–H groups in total. The fourth-order valence-corrected chi connectivity index (χ4v) is 7.99. The second kappa shape index (κ2) is 13.0. The van der Waals surface area contributed by atoms with Crippen LogP contribution in [-0.4, -0.2) is 33.0 Å². The molecule has 39 heavy (non-hydrogen) atoms. The summed E-state index contributed by atoms with van der Waals surface area (Å²) in [6.45, 7) is 0.265. The predicted molar refractivity (Wildman–Crippen MR) is 163 cm³/mol. The topological polar surface area (TPSA) is 85.0 Å². The van der Waals surface area contributed by atoms with Crippen molar-refractivity contribution in [3.63, 3.8) is 0 Å². The first-order valence-corrected chi connectivity index (χ1v) is 16.0. The second-order valence-corrected chi connectivity index (χ2v) is 13.0. The number of amides is 1. The van der Waals surface area contributed by atoms with Crippen LogP contribution in [0.2, 0.25) is 0 Å². The number of carbonyl (C=O) groups excluding carboxylic acids is 1. The summed E-state index contributed by atoms with van der Waals surface area (Å²) in [4.78, 5) is 32.0. The third-order valence-corrected chi connectivity index (χ3v) is 9.67. The molecule has 3 aliphatic rings. The Labute approximate surface area is 249 Å². The van der Waals surface area contributed by atoms with E-state index in [1.165, 1.54) is 49.6 Å². The van der Waals surface area contributed by atoms with Crippen molar-refractivity contribution in [3.8, 4) is 5.75 Å². The van der Waals surface area contributed by atoms with Gasteiger partial charge >= 0.3 is 0 Å². The van der Waals surface area contributed by atoms with Gasteiger partial charge in [-0.1, -0.05) is 38.5 Å². The molecule has 2 saturated carbocycles. The van der Waals surface area contributed by atoms with Gasteiger partial charge in [-0.15, -0.1) is 0 Å². The number of carbonyl (C=O) groups is 1. The van der Waals surface area contributed by atoms with E-state index in [9.17, 15) is 14.9 Å². The monoisotopic (exact) mass is 675 g/mol. The lowest BCUT2D eigenvalue weighted by Crippen LogP contribution is -2.41. The van der Waals surface area contributed by atoms with Crippen LogP contribution in [0.15, 0.2) is 55.2 Å². The molecule has 3 fully saturated rings. The first-order valence-electron chi connectivity index (χ1n) is 13.5. The fraction of sp³-hybridized carbons (Fsp3) is 0.448. The van der Waals surface area contributed by atoms with Gasteiger partial charge in [0.2, 0.25) is 0 Å². The third-order valence-electron chi connectivity index (χ3n) is 7.49. The lowest BCUT2D eigenvalue weighted by molar-refractivity contribution is -0.384. The van der Waals surface area contributed by atoms with Gasteiger partial charge in [-0.3, -0.25) is 24.8 Å². The maximum atomic E-state index is 13.7. The van der Waals surface area contributed by atoms with Gasteiger partial charge in [-0.25, -0.2) is 0 Å². The molecule has 10 heteroatoms. The lowest BCUT2D eigenvalue weighted by Gasteiger charge is -2.31. The second-order valence-electron chi connectivity index (χ2n) is 10.3. The number of thioether (sulfide) groups is 1. The molecular formula is C29H31Br2N3O4S. The molecule has 0 aromatic heterocycles. The molecule has 7 nitrogen and oxygen atoms in total. The van der Waals surface area contributed by atoms with Gasteiger partial charge < -0.3 is 4.74 Å². The summed E-state index contributed by atoms with van der Waals surface area (Å²) < 4.78 is 7.52. The van der Waals surface area contributed by atoms with Crippen LogP contribution in [-0.2, 0) is 11.4 Å². The number of amidine groups is 1. The van der Waals surface area contributed by atoms with Crippen LogP contribution in [0.1, 0.15) is 75.3 Å². The summed E-state index contributed by atoms with van der Waals surface area (Å²) in [5.74, 6) is 0.691. The zero-order valence-electron chi connectivity index (χ0n) is 21.6. The highest BCUT2D eigenvalue weighted by molar-refractivity contribution is 9.11. The normalized spacial score (nSPS) is 21.2. The average molecular weight is 677 g/mol. The highest BCUT2D eigenvalue weighted by Gasteiger charge is 2.39. The molecule has 2 aromatic rings. The third kappa shape index (κ3) is 6.95. The number of non-ortho nitro benzene ring substituents is 1. The van der Waals surface area contributed by atoms with Gasteiger partial charge in [-0.2, -0.15) is 0 Å². The van der Waals surface area contributed by atoms with E-state index in [1.54, 1.807) is 12.1 Å². The molecule has 5 rings (SSSR count). The minimum atomic E-state index is -0.419. The summed E-state index contributed by atoms with van der Waals surface area (Å²) >= 11 is 8.75. The van der Waals surface area contributed by atoms with Gasteiger partial charge in [0.05, 0.1) is 24.8 Å². The van der Waals surface area contributed by atoms with Crippen LogP contribution >= 0.6 is 43.6 Å². The van der Waals surface area contributed by atoms with E-state index in [0.29, 0.717) is 16.7 Å². The van der Waals surface area contributed by atoms with Gasteiger partial charge in [0.25, 0.3) is 11.6 Å². The Morgan fingerprint density at radius 2 is 1.62 bits per heavy atom. The van der Waals surface area contributed by atoms with Gasteiger partial charge in [0, 0.05) is 18.2 Å². The van der Waals surface area contributed by atoms with Crippen molar-refractivity contribution in [2.24, 2.45) is 4.99 Å². The molecule has 1 heterocycles. The molecular weight excluding hydrogens is 646 g/mol. The summed E-state index contributed by atoms with van der Waals surface area (Å²) in [5.41, 5.74) is 1.76. The molecule has 2 aromatic carbocycles. The summed E-state index contributed by atoms with van der Waals surface area (Å²) in [6.07, 6.45) is 13.5. The highest BCUT2D eigenvalue weighted by Crippen LogP contribution is 2.40. The van der Waals surface area contributed by atoms with Crippen LogP contribution in [0.5, 0.6) is 5.75 Å². The number of ether oxygens (including phenoxy) is 1. The first kappa shape index (κ1) is 28.4. The quantitative estimate of drug-likeness (QED) is 0.167. The van der Waals surface area contributed by atoms with Crippen molar-refractivity contribution in [2.45, 2.75) is 82.9 Å². The first-order chi connectivity index (χ1) is 18.9. The Hall–Kier alpha value is -2.17. The molecule has 1 saturated heterocycles. The zero-order valence-corrected chi connectivity index (χ0v) is 25.6. The molecule has 206 valence electrons. The Morgan fingerprint density at radius 3 is 2.23 bits per heavy atom. The molecule has 0 unspecified atom stereocenters. The highest BCUT2D eigenvalue weighted by atomic mass is 79.9. The number of aliphatic imine (C=N–C) groups is 1. The van der Waals surface area contributed by atoms with E-state index in [2.05, 4.69) is 31.9 Å². The zero-order chi connectivity index (χ0) is 27.4.